The van der Waals surface area contributed by atoms with Crippen molar-refractivity contribution < 1.29 is 9.47 Å². The lowest BCUT2D eigenvalue weighted by Crippen LogP contribution is -2.23. The third kappa shape index (κ3) is 3.26. The average molecular weight is 363 g/mol. The first-order valence-corrected chi connectivity index (χ1v) is 9.40. The van der Waals surface area contributed by atoms with E-state index >= 15 is 0 Å². The predicted octanol–water partition coefficient (Wildman–Crippen LogP) is 6.03. The minimum Gasteiger partial charge on any atom is -0.488 e. The lowest BCUT2D eigenvalue weighted by molar-refractivity contribution is 0.0578. The second kappa shape index (κ2) is 7.30. The van der Waals surface area contributed by atoms with Gasteiger partial charge in [-0.15, -0.1) is 17.9 Å². The van der Waals surface area contributed by atoms with Crippen LogP contribution in [-0.4, -0.2) is 7.11 Å². The fourth-order valence-electron chi connectivity index (χ4n) is 3.62. The highest BCUT2D eigenvalue weighted by molar-refractivity contribution is 7.16. The summed E-state index contributed by atoms with van der Waals surface area (Å²) in [6.07, 6.45) is 4.24. The molecule has 1 aliphatic carbocycles. The molecular weight excluding hydrogens is 340 g/mol. The summed E-state index contributed by atoms with van der Waals surface area (Å²) < 4.78 is 12.7. The van der Waals surface area contributed by atoms with Gasteiger partial charge >= 0.3 is 0 Å². The number of hydrogen-bond donors (Lipinski definition) is 0. The number of ether oxygens (including phenoxy) is 2. The zero-order valence-electron chi connectivity index (χ0n) is 14.4. The minimum absolute atomic E-state index is 0.0599. The largest absolute Gasteiger partial charge is 0.488 e. The van der Waals surface area contributed by atoms with Crippen LogP contribution in [0.1, 0.15) is 39.7 Å². The van der Waals surface area contributed by atoms with Crippen molar-refractivity contribution >= 4 is 22.9 Å². The lowest BCUT2D eigenvalue weighted by atomic mass is 9.77. The molecule has 0 fully saturated rings. The Bertz CT molecular complexity index is 750. The Morgan fingerprint density at radius 1 is 1.38 bits per heavy atom. The van der Waals surface area contributed by atoms with E-state index in [0.29, 0.717) is 12.5 Å². The maximum Gasteiger partial charge on any atom is 0.123 e. The molecule has 0 aliphatic heterocycles. The zero-order valence-corrected chi connectivity index (χ0v) is 16.0. The molecule has 0 amide bonds. The molecule has 0 saturated heterocycles. The van der Waals surface area contributed by atoms with Crippen LogP contribution in [-0.2, 0) is 17.8 Å². The Morgan fingerprint density at radius 3 is 2.79 bits per heavy atom. The summed E-state index contributed by atoms with van der Waals surface area (Å²) in [4.78, 5) is 1.13. The van der Waals surface area contributed by atoms with Crippen molar-refractivity contribution in [1.82, 2.24) is 0 Å². The number of fused-ring (bicyclic) bond motifs is 1. The number of rotatable bonds is 5. The molecular formula is C20H23ClO2S. The normalized spacial score (nSPS) is 19.8. The Labute approximate surface area is 153 Å². The Morgan fingerprint density at radius 2 is 2.17 bits per heavy atom. The van der Waals surface area contributed by atoms with Crippen LogP contribution in [0, 0.1) is 19.8 Å². The van der Waals surface area contributed by atoms with Crippen LogP contribution in [0.15, 0.2) is 30.9 Å². The molecule has 1 aromatic heterocycles. The highest BCUT2D eigenvalue weighted by atomic mass is 35.5. The molecule has 0 bridgehead atoms. The summed E-state index contributed by atoms with van der Waals surface area (Å²) in [5.74, 6) is 1.29. The second-order valence-electron chi connectivity index (χ2n) is 6.30. The first kappa shape index (κ1) is 17.5. The monoisotopic (exact) mass is 362 g/mol. The average Bonchev–Trinajstić information content (AvgIpc) is 3.00. The minimum atomic E-state index is 0.0599. The fourth-order valence-corrected chi connectivity index (χ4v) is 4.62. The molecule has 2 atom stereocenters. The van der Waals surface area contributed by atoms with E-state index in [9.17, 15) is 0 Å². The third-order valence-electron chi connectivity index (χ3n) is 4.88. The molecule has 1 heterocycles. The van der Waals surface area contributed by atoms with Gasteiger partial charge in [-0.1, -0.05) is 17.7 Å². The van der Waals surface area contributed by atoms with Crippen LogP contribution in [0.25, 0.3) is 0 Å². The maximum absolute atomic E-state index is 6.12. The maximum atomic E-state index is 6.12. The second-order valence-corrected chi connectivity index (χ2v) is 8.10. The quantitative estimate of drug-likeness (QED) is 0.604. The molecule has 2 aromatic rings. The first-order chi connectivity index (χ1) is 11.5. The summed E-state index contributed by atoms with van der Waals surface area (Å²) in [6, 6.07) is 6.08. The highest BCUT2D eigenvalue weighted by Gasteiger charge is 2.31. The first-order valence-electron chi connectivity index (χ1n) is 8.20. The van der Waals surface area contributed by atoms with Gasteiger partial charge in [0.25, 0.3) is 0 Å². The summed E-state index contributed by atoms with van der Waals surface area (Å²) in [6.45, 7) is 8.82. The van der Waals surface area contributed by atoms with E-state index in [1.807, 2.05) is 18.2 Å². The Hall–Kier alpha value is -1.29. The van der Waals surface area contributed by atoms with Gasteiger partial charge < -0.3 is 9.47 Å². The molecule has 2 nitrogen and oxygen atoms in total. The van der Waals surface area contributed by atoms with Crippen molar-refractivity contribution in [3.05, 3.63) is 62.3 Å². The van der Waals surface area contributed by atoms with Crippen LogP contribution in [0.2, 0.25) is 4.34 Å². The number of halogens is 1. The lowest BCUT2D eigenvalue weighted by Gasteiger charge is -2.34. The van der Waals surface area contributed by atoms with Gasteiger partial charge in [-0.25, -0.2) is 0 Å². The summed E-state index contributed by atoms with van der Waals surface area (Å²) in [5, 5.41) is 0. The van der Waals surface area contributed by atoms with Gasteiger partial charge in [-0.3, -0.25) is 0 Å². The molecule has 24 heavy (non-hydrogen) atoms. The van der Waals surface area contributed by atoms with Gasteiger partial charge in [-0.05, 0) is 67.1 Å². The van der Waals surface area contributed by atoms with Crippen molar-refractivity contribution in [1.29, 1.82) is 0 Å². The number of aryl methyl sites for hydroxylation is 1. The molecule has 0 N–H and O–H groups in total. The van der Waals surface area contributed by atoms with Crippen LogP contribution in [0.5, 0.6) is 5.75 Å². The van der Waals surface area contributed by atoms with E-state index in [2.05, 4.69) is 26.5 Å². The smallest absolute Gasteiger partial charge is 0.123 e. The van der Waals surface area contributed by atoms with Crippen molar-refractivity contribution in [2.45, 2.75) is 39.4 Å². The number of methoxy groups -OCH3 is 1. The van der Waals surface area contributed by atoms with Crippen molar-refractivity contribution in [3.63, 3.8) is 0 Å². The number of thiophene rings is 1. The summed E-state index contributed by atoms with van der Waals surface area (Å²) in [5.41, 5.74) is 5.15. The molecule has 1 aliphatic rings. The standard InChI is InChI=1S/C20H23ClO2S/c1-5-14-6-8-16-12(2)10-17(13(3)19(16)20(14)22-4)23-11-15-7-9-18(21)24-15/h5,7,9-10,14,20H,1,6,8,11H2,2-4H3/t14-,20-/m1/s1. The molecule has 3 rings (SSSR count). The van der Waals surface area contributed by atoms with Gasteiger partial charge in [0.1, 0.15) is 12.4 Å². The van der Waals surface area contributed by atoms with Crippen molar-refractivity contribution in [2.75, 3.05) is 7.11 Å². The SMILES string of the molecule is C=C[C@@H]1CCc2c(C)cc(OCc3ccc(Cl)s3)c(C)c2[C@@H]1OC. The van der Waals surface area contributed by atoms with E-state index in [4.69, 9.17) is 21.1 Å². The third-order valence-corrected chi connectivity index (χ3v) is 6.08. The highest BCUT2D eigenvalue weighted by Crippen LogP contribution is 2.43. The fraction of sp³-hybridized carbons (Fsp3) is 0.400. The predicted molar refractivity (Wildman–Crippen MR) is 101 cm³/mol. The van der Waals surface area contributed by atoms with Gasteiger partial charge in [0.05, 0.1) is 10.4 Å². The van der Waals surface area contributed by atoms with Crippen molar-refractivity contribution in [2.24, 2.45) is 5.92 Å². The summed E-state index contributed by atoms with van der Waals surface area (Å²) >= 11 is 7.56. The molecule has 0 radical (unpaired) electrons. The van der Waals surface area contributed by atoms with E-state index in [1.54, 1.807) is 18.4 Å². The van der Waals surface area contributed by atoms with E-state index in [1.165, 1.54) is 22.3 Å². The number of benzene rings is 1. The molecule has 128 valence electrons. The number of hydrogen-bond acceptors (Lipinski definition) is 3. The van der Waals surface area contributed by atoms with Crippen LogP contribution in [0.3, 0.4) is 0 Å². The van der Waals surface area contributed by atoms with Gasteiger partial charge in [0.2, 0.25) is 0 Å². The molecule has 1 aromatic carbocycles. The van der Waals surface area contributed by atoms with Crippen LogP contribution >= 0.6 is 22.9 Å². The molecule has 4 heteroatoms. The van der Waals surface area contributed by atoms with Gasteiger partial charge in [0, 0.05) is 17.9 Å². The van der Waals surface area contributed by atoms with Crippen LogP contribution in [0.4, 0.5) is 0 Å². The van der Waals surface area contributed by atoms with Gasteiger partial charge in [0.15, 0.2) is 0 Å². The topological polar surface area (TPSA) is 18.5 Å². The molecule has 0 saturated carbocycles. The summed E-state index contributed by atoms with van der Waals surface area (Å²) in [7, 11) is 1.78. The van der Waals surface area contributed by atoms with E-state index < -0.39 is 0 Å². The Balaban J connectivity index is 1.94. The Kier molecular flexibility index (Phi) is 5.33. The van der Waals surface area contributed by atoms with E-state index in [0.717, 1.165) is 27.8 Å². The van der Waals surface area contributed by atoms with Gasteiger partial charge in [-0.2, -0.15) is 0 Å². The zero-order chi connectivity index (χ0) is 17.3. The van der Waals surface area contributed by atoms with Crippen molar-refractivity contribution in [3.8, 4) is 5.75 Å². The van der Waals surface area contributed by atoms with Crippen LogP contribution < -0.4 is 4.74 Å². The molecule has 0 spiro atoms. The van der Waals surface area contributed by atoms with E-state index in [-0.39, 0.29) is 6.10 Å². The molecule has 0 unspecified atom stereocenters.